The fourth-order valence-corrected chi connectivity index (χ4v) is 3.86. The molecular weight excluding hydrogens is 438 g/mol. The summed E-state index contributed by atoms with van der Waals surface area (Å²) in [6.07, 6.45) is 0. The van der Waals surface area contributed by atoms with Gasteiger partial charge in [-0.25, -0.2) is 8.78 Å². The van der Waals surface area contributed by atoms with Gasteiger partial charge in [0.05, 0.1) is 4.47 Å². The molecule has 0 atom stereocenters. The van der Waals surface area contributed by atoms with Crippen molar-refractivity contribution in [3.05, 3.63) is 95.0 Å². The van der Waals surface area contributed by atoms with E-state index in [0.717, 1.165) is 32.7 Å². The second kappa shape index (κ2) is 7.01. The lowest BCUT2D eigenvalue weighted by Crippen LogP contribution is -1.75. The molecule has 0 unspecified atom stereocenters. The highest BCUT2D eigenvalue weighted by molar-refractivity contribution is 9.10. The van der Waals surface area contributed by atoms with Gasteiger partial charge in [-0.15, -0.1) is 0 Å². The zero-order valence-corrected chi connectivity index (χ0v) is 16.5. The molecule has 142 valence electrons. The van der Waals surface area contributed by atoms with Gasteiger partial charge in [-0.1, -0.05) is 36.4 Å². The molecule has 0 fully saturated rings. The summed E-state index contributed by atoms with van der Waals surface area (Å²) in [7, 11) is 0. The van der Waals surface area contributed by atoms with Gasteiger partial charge in [0, 0.05) is 27.6 Å². The van der Waals surface area contributed by atoms with Crippen LogP contribution in [0, 0.1) is 11.6 Å². The second-order valence-corrected chi connectivity index (χ2v) is 7.37. The Morgan fingerprint density at radius 3 is 1.93 bits per heavy atom. The predicted molar refractivity (Wildman–Crippen MR) is 115 cm³/mol. The van der Waals surface area contributed by atoms with Crippen LogP contribution < -0.4 is 0 Å². The van der Waals surface area contributed by atoms with E-state index < -0.39 is 0 Å². The van der Waals surface area contributed by atoms with Gasteiger partial charge >= 0.3 is 0 Å². The maximum atomic E-state index is 13.3. The fraction of sp³-hybridized carbons (Fsp3) is 0. The summed E-state index contributed by atoms with van der Waals surface area (Å²) in [6, 6.07) is 23.2. The largest absolute Gasteiger partial charge is 0.456 e. The molecule has 6 rings (SSSR count). The Kier molecular flexibility index (Phi) is 4.32. The Morgan fingerprint density at radius 2 is 1.17 bits per heavy atom. The average Bonchev–Trinajstić information content (AvgIpc) is 3.29. The molecule has 0 spiro atoms. The monoisotopic (exact) mass is 450 g/mol. The molecule has 4 aromatic carbocycles. The van der Waals surface area contributed by atoms with Crippen molar-refractivity contribution in [3.63, 3.8) is 0 Å². The van der Waals surface area contributed by atoms with E-state index in [1.54, 1.807) is 12.1 Å². The zero-order valence-electron chi connectivity index (χ0n) is 15.0. The molecule has 2 heterocycles. The van der Waals surface area contributed by atoms with E-state index in [9.17, 15) is 8.78 Å². The average molecular weight is 451 g/mol. The highest BCUT2D eigenvalue weighted by Gasteiger charge is 2.12. The van der Waals surface area contributed by atoms with E-state index in [1.165, 1.54) is 18.2 Å². The Bertz CT molecular complexity index is 1500. The number of halogens is 3. The van der Waals surface area contributed by atoms with Crippen molar-refractivity contribution < 1.29 is 17.6 Å². The van der Waals surface area contributed by atoms with Crippen LogP contribution in [0.2, 0.25) is 0 Å². The molecule has 2 aromatic heterocycles. The lowest BCUT2D eigenvalue weighted by atomic mass is 10.1. The number of rotatable bonds is 0. The normalized spacial score (nSPS) is 11.3. The van der Waals surface area contributed by atoms with Gasteiger partial charge in [0.2, 0.25) is 0 Å². The van der Waals surface area contributed by atoms with Crippen LogP contribution in [0.25, 0.3) is 43.9 Å². The molecule has 0 amide bonds. The summed E-state index contributed by atoms with van der Waals surface area (Å²) < 4.78 is 37.6. The van der Waals surface area contributed by atoms with E-state index in [-0.39, 0.29) is 11.6 Å². The molecule has 0 saturated heterocycles. The first-order chi connectivity index (χ1) is 14.1. The number of benzene rings is 4. The van der Waals surface area contributed by atoms with Gasteiger partial charge in [0.25, 0.3) is 0 Å². The molecule has 0 aliphatic carbocycles. The minimum Gasteiger partial charge on any atom is -0.456 e. The quantitative estimate of drug-likeness (QED) is 0.233. The first-order valence-electron chi connectivity index (χ1n) is 8.94. The van der Waals surface area contributed by atoms with Crippen molar-refractivity contribution in [2.45, 2.75) is 0 Å². The third-order valence-corrected chi connectivity index (χ3v) is 5.52. The van der Waals surface area contributed by atoms with Gasteiger partial charge in [-0.2, -0.15) is 0 Å². The van der Waals surface area contributed by atoms with Crippen molar-refractivity contribution in [3.8, 4) is 0 Å². The minimum absolute atomic E-state index is 0.267. The maximum Gasteiger partial charge on any atom is 0.152 e. The van der Waals surface area contributed by atoms with Crippen LogP contribution in [0.5, 0.6) is 0 Å². The molecule has 0 N–H and O–H groups in total. The first-order valence-corrected chi connectivity index (χ1v) is 9.73. The van der Waals surface area contributed by atoms with Crippen LogP contribution in [0.15, 0.2) is 92.2 Å². The molecule has 0 bridgehead atoms. The third kappa shape index (κ3) is 3.08. The number of furan rings is 2. The van der Waals surface area contributed by atoms with Crippen LogP contribution >= 0.6 is 15.9 Å². The smallest absolute Gasteiger partial charge is 0.152 e. The highest BCUT2D eigenvalue weighted by Crippen LogP contribution is 2.34. The Morgan fingerprint density at radius 1 is 0.586 bits per heavy atom. The van der Waals surface area contributed by atoms with Crippen LogP contribution in [0.3, 0.4) is 0 Å². The summed E-state index contributed by atoms with van der Waals surface area (Å²) in [5.41, 5.74) is 2.74. The molecule has 29 heavy (non-hydrogen) atoms. The van der Waals surface area contributed by atoms with E-state index >= 15 is 0 Å². The summed E-state index contributed by atoms with van der Waals surface area (Å²) in [4.78, 5) is 0. The molecule has 0 aliphatic rings. The highest BCUT2D eigenvalue weighted by atomic mass is 79.9. The molecular formula is C24H13BrF2O2. The molecule has 2 nitrogen and oxygen atoms in total. The standard InChI is InChI=1S/C12H6BrFO.C12H7FO/c13-11-9(14)6-5-8-7-3-1-2-4-10(7)15-12(8)11;13-8-5-6-10-9-3-1-2-4-11(9)14-12(10)7-8/h1-6H;1-7H. The Hall–Kier alpha value is -3.18. The van der Waals surface area contributed by atoms with Crippen molar-refractivity contribution >= 4 is 59.8 Å². The molecule has 0 aliphatic heterocycles. The topological polar surface area (TPSA) is 26.3 Å². The summed E-state index contributed by atoms with van der Waals surface area (Å²) in [6.45, 7) is 0. The fourth-order valence-electron chi connectivity index (χ4n) is 3.43. The van der Waals surface area contributed by atoms with Crippen LogP contribution in [-0.4, -0.2) is 0 Å². The summed E-state index contributed by atoms with van der Waals surface area (Å²) in [5, 5.41) is 3.93. The maximum absolute atomic E-state index is 13.3. The summed E-state index contributed by atoms with van der Waals surface area (Å²) >= 11 is 3.19. The minimum atomic E-state index is -0.304. The van der Waals surface area contributed by atoms with Gasteiger partial charge in [0.15, 0.2) is 5.58 Å². The van der Waals surface area contributed by atoms with Crippen molar-refractivity contribution in [2.24, 2.45) is 0 Å². The molecule has 6 aromatic rings. The third-order valence-electron chi connectivity index (χ3n) is 4.78. The molecule has 0 radical (unpaired) electrons. The van der Waals surface area contributed by atoms with Crippen LogP contribution in [-0.2, 0) is 0 Å². The zero-order chi connectivity index (χ0) is 20.0. The number of fused-ring (bicyclic) bond motifs is 6. The van der Waals surface area contributed by atoms with Crippen LogP contribution in [0.4, 0.5) is 8.78 Å². The van der Waals surface area contributed by atoms with E-state index in [1.807, 2.05) is 48.5 Å². The number of para-hydroxylation sites is 2. The van der Waals surface area contributed by atoms with Crippen molar-refractivity contribution in [1.82, 2.24) is 0 Å². The summed E-state index contributed by atoms with van der Waals surface area (Å²) in [5.74, 6) is -0.571. The van der Waals surface area contributed by atoms with Crippen molar-refractivity contribution in [2.75, 3.05) is 0 Å². The second-order valence-electron chi connectivity index (χ2n) is 6.57. The van der Waals surface area contributed by atoms with Gasteiger partial charge < -0.3 is 8.83 Å². The van der Waals surface area contributed by atoms with E-state index in [2.05, 4.69) is 15.9 Å². The SMILES string of the molecule is Fc1ccc2c(c1)oc1ccccc12.Fc1ccc2c(oc3ccccc32)c1Br. The van der Waals surface area contributed by atoms with E-state index in [4.69, 9.17) is 8.83 Å². The first kappa shape index (κ1) is 17.9. The number of hydrogen-bond donors (Lipinski definition) is 0. The van der Waals surface area contributed by atoms with Crippen molar-refractivity contribution in [1.29, 1.82) is 0 Å². The Labute approximate surface area is 172 Å². The van der Waals surface area contributed by atoms with Gasteiger partial charge in [-0.05, 0) is 52.3 Å². The Balaban J connectivity index is 0.000000125. The molecule has 5 heteroatoms. The molecule has 0 saturated carbocycles. The number of hydrogen-bond acceptors (Lipinski definition) is 2. The predicted octanol–water partition coefficient (Wildman–Crippen LogP) is 8.21. The van der Waals surface area contributed by atoms with Gasteiger partial charge in [0.1, 0.15) is 28.4 Å². The lowest BCUT2D eigenvalue weighted by Gasteiger charge is -1.93. The van der Waals surface area contributed by atoms with E-state index in [0.29, 0.717) is 15.6 Å². The lowest BCUT2D eigenvalue weighted by molar-refractivity contribution is 0.610. The van der Waals surface area contributed by atoms with Gasteiger partial charge in [-0.3, -0.25) is 0 Å². The van der Waals surface area contributed by atoms with Crippen LogP contribution in [0.1, 0.15) is 0 Å².